The zero-order valence-electron chi connectivity index (χ0n) is 22.6. The predicted octanol–water partition coefficient (Wildman–Crippen LogP) is 9.39. The van der Waals surface area contributed by atoms with Crippen molar-refractivity contribution >= 4 is 32.4 Å². The molecule has 0 aliphatic carbocycles. The molecule has 8 rings (SSSR count). The van der Waals surface area contributed by atoms with Gasteiger partial charge in [0.05, 0.1) is 5.52 Å². The molecule has 0 N–H and O–H groups in total. The van der Waals surface area contributed by atoms with E-state index in [0.717, 1.165) is 60.3 Å². The molecule has 0 unspecified atom stereocenters. The van der Waals surface area contributed by atoms with Crippen molar-refractivity contribution in [2.45, 2.75) is 0 Å². The highest BCUT2D eigenvalue weighted by Gasteiger charge is 2.16. The van der Waals surface area contributed by atoms with Crippen LogP contribution in [0.5, 0.6) is 0 Å². The van der Waals surface area contributed by atoms with E-state index < -0.39 is 0 Å². The van der Waals surface area contributed by atoms with Crippen molar-refractivity contribution in [2.75, 3.05) is 0 Å². The summed E-state index contributed by atoms with van der Waals surface area (Å²) in [6, 6.07) is 48.0. The van der Waals surface area contributed by atoms with Gasteiger partial charge in [-0.25, -0.2) is 15.0 Å². The molecule has 0 radical (unpaired) electrons. The molecule has 196 valence electrons. The Bertz CT molecular complexity index is 2150. The van der Waals surface area contributed by atoms with Crippen LogP contribution in [0.3, 0.4) is 0 Å². The number of hydrogen-bond donors (Lipinski definition) is 0. The Morgan fingerprint density at radius 3 is 1.50 bits per heavy atom. The van der Waals surface area contributed by atoms with Crippen molar-refractivity contribution < 1.29 is 0 Å². The third-order valence-electron chi connectivity index (χ3n) is 7.76. The molecule has 0 fully saturated rings. The zero-order valence-corrected chi connectivity index (χ0v) is 22.6. The van der Waals surface area contributed by atoms with Crippen molar-refractivity contribution in [1.29, 1.82) is 0 Å². The first kappa shape index (κ1) is 24.1. The number of fused-ring (bicyclic) bond motifs is 3. The third-order valence-corrected chi connectivity index (χ3v) is 7.76. The van der Waals surface area contributed by atoms with Gasteiger partial charge < -0.3 is 0 Å². The molecular formula is C38H24N4. The number of benzene rings is 6. The minimum Gasteiger partial charge on any atom is -0.256 e. The Kier molecular flexibility index (Phi) is 5.75. The maximum atomic E-state index is 5.06. The van der Waals surface area contributed by atoms with E-state index in [-0.39, 0.29) is 0 Å². The van der Waals surface area contributed by atoms with Gasteiger partial charge in [0, 0.05) is 33.8 Å². The summed E-state index contributed by atoms with van der Waals surface area (Å²) in [7, 11) is 0. The molecule has 0 saturated carbocycles. The van der Waals surface area contributed by atoms with Crippen LogP contribution >= 0.6 is 0 Å². The highest BCUT2D eigenvalue weighted by molar-refractivity contribution is 5.97. The van der Waals surface area contributed by atoms with E-state index in [4.69, 9.17) is 15.0 Å². The van der Waals surface area contributed by atoms with Crippen molar-refractivity contribution in [3.63, 3.8) is 0 Å². The largest absolute Gasteiger partial charge is 0.256 e. The van der Waals surface area contributed by atoms with Crippen LogP contribution in [0.2, 0.25) is 0 Å². The van der Waals surface area contributed by atoms with Crippen LogP contribution in [0.4, 0.5) is 0 Å². The molecule has 0 aliphatic heterocycles. The molecular weight excluding hydrogens is 512 g/mol. The Morgan fingerprint density at radius 1 is 0.357 bits per heavy atom. The molecule has 6 aromatic carbocycles. The average molecular weight is 537 g/mol. The summed E-state index contributed by atoms with van der Waals surface area (Å²) in [4.78, 5) is 19.8. The number of hydrogen-bond acceptors (Lipinski definition) is 4. The van der Waals surface area contributed by atoms with Crippen molar-refractivity contribution in [1.82, 2.24) is 19.9 Å². The SMILES string of the molecule is c1ccc2ncc(-c3ccc(-c4nc(-c5cccc6ccccc56)nc(-c5cccc6ccccc56)n4)cc3)cc2c1. The lowest BCUT2D eigenvalue weighted by molar-refractivity contribution is 1.08. The minimum absolute atomic E-state index is 0.638. The van der Waals surface area contributed by atoms with E-state index >= 15 is 0 Å². The topological polar surface area (TPSA) is 51.6 Å². The summed E-state index contributed by atoms with van der Waals surface area (Å²) in [5.41, 5.74) is 6.05. The van der Waals surface area contributed by atoms with Gasteiger partial charge in [-0.15, -0.1) is 0 Å². The van der Waals surface area contributed by atoms with E-state index in [1.807, 2.05) is 24.4 Å². The van der Waals surface area contributed by atoms with Crippen LogP contribution in [0.15, 0.2) is 146 Å². The van der Waals surface area contributed by atoms with Gasteiger partial charge in [-0.05, 0) is 39.2 Å². The Hall–Kier alpha value is -5.74. The van der Waals surface area contributed by atoms with Gasteiger partial charge in [-0.3, -0.25) is 4.98 Å². The smallest absolute Gasteiger partial charge is 0.164 e. The van der Waals surface area contributed by atoms with Crippen LogP contribution in [0.1, 0.15) is 0 Å². The summed E-state index contributed by atoms with van der Waals surface area (Å²) in [5.74, 6) is 1.95. The lowest BCUT2D eigenvalue weighted by Crippen LogP contribution is -2.01. The zero-order chi connectivity index (χ0) is 27.9. The Balaban J connectivity index is 1.29. The second-order valence-electron chi connectivity index (χ2n) is 10.4. The summed E-state index contributed by atoms with van der Waals surface area (Å²) < 4.78 is 0. The standard InChI is InChI=1S/C38H24N4/c1-4-14-31-26(9-1)12-7-16-33(31)37-40-36(41-38(42-37)34-17-8-13-27-10-2-5-15-32(27)34)28-21-19-25(20-22-28)30-23-29-11-3-6-18-35(29)39-24-30/h1-24H. The Morgan fingerprint density at radius 2 is 0.857 bits per heavy atom. The number of aromatic nitrogens is 4. The van der Waals surface area contributed by atoms with Crippen LogP contribution < -0.4 is 0 Å². The molecule has 2 heterocycles. The lowest BCUT2D eigenvalue weighted by Gasteiger charge is -2.12. The van der Waals surface area contributed by atoms with E-state index in [0.29, 0.717) is 17.5 Å². The van der Waals surface area contributed by atoms with Gasteiger partial charge in [0.2, 0.25) is 0 Å². The van der Waals surface area contributed by atoms with Gasteiger partial charge >= 0.3 is 0 Å². The van der Waals surface area contributed by atoms with E-state index in [1.54, 1.807) is 0 Å². The molecule has 8 aromatic rings. The lowest BCUT2D eigenvalue weighted by atomic mass is 10.0. The molecule has 0 bridgehead atoms. The van der Waals surface area contributed by atoms with Crippen LogP contribution in [0.25, 0.3) is 77.7 Å². The second-order valence-corrected chi connectivity index (χ2v) is 10.4. The van der Waals surface area contributed by atoms with Crippen molar-refractivity contribution in [2.24, 2.45) is 0 Å². The molecule has 2 aromatic heterocycles. The third kappa shape index (κ3) is 4.27. The second kappa shape index (κ2) is 10.0. The molecule has 4 heteroatoms. The fourth-order valence-electron chi connectivity index (χ4n) is 5.63. The molecule has 0 amide bonds. The molecule has 42 heavy (non-hydrogen) atoms. The summed E-state index contributed by atoms with van der Waals surface area (Å²) in [6.45, 7) is 0. The van der Waals surface area contributed by atoms with E-state index in [2.05, 4.69) is 126 Å². The quantitative estimate of drug-likeness (QED) is 0.225. The van der Waals surface area contributed by atoms with Gasteiger partial charge in [0.1, 0.15) is 0 Å². The van der Waals surface area contributed by atoms with Crippen molar-refractivity contribution in [3.8, 4) is 45.3 Å². The molecule has 4 nitrogen and oxygen atoms in total. The average Bonchev–Trinajstić information content (AvgIpc) is 3.07. The van der Waals surface area contributed by atoms with Gasteiger partial charge in [-0.1, -0.05) is 127 Å². The molecule has 0 saturated heterocycles. The predicted molar refractivity (Wildman–Crippen MR) is 172 cm³/mol. The normalized spacial score (nSPS) is 11.3. The molecule has 0 spiro atoms. The van der Waals surface area contributed by atoms with Gasteiger partial charge in [0.25, 0.3) is 0 Å². The number of nitrogens with zero attached hydrogens (tertiary/aromatic N) is 4. The van der Waals surface area contributed by atoms with Gasteiger partial charge in [0.15, 0.2) is 17.5 Å². The number of rotatable bonds is 4. The van der Waals surface area contributed by atoms with Crippen molar-refractivity contribution in [3.05, 3.63) is 146 Å². The maximum Gasteiger partial charge on any atom is 0.164 e. The summed E-state index contributed by atoms with van der Waals surface area (Å²) in [5, 5.41) is 5.64. The van der Waals surface area contributed by atoms with Gasteiger partial charge in [-0.2, -0.15) is 0 Å². The maximum absolute atomic E-state index is 5.06. The Labute approximate surface area is 243 Å². The highest BCUT2D eigenvalue weighted by Crippen LogP contribution is 2.33. The molecule has 0 aliphatic rings. The van der Waals surface area contributed by atoms with Crippen LogP contribution in [-0.2, 0) is 0 Å². The fraction of sp³-hybridized carbons (Fsp3) is 0. The van der Waals surface area contributed by atoms with E-state index in [9.17, 15) is 0 Å². The monoisotopic (exact) mass is 536 g/mol. The molecule has 0 atom stereocenters. The minimum atomic E-state index is 0.638. The number of para-hydroxylation sites is 1. The summed E-state index contributed by atoms with van der Waals surface area (Å²) in [6.07, 6.45) is 1.93. The van der Waals surface area contributed by atoms with E-state index in [1.165, 1.54) is 0 Å². The highest BCUT2D eigenvalue weighted by atomic mass is 15.0. The first-order valence-corrected chi connectivity index (χ1v) is 14.0. The fourth-order valence-corrected chi connectivity index (χ4v) is 5.63. The van der Waals surface area contributed by atoms with Crippen LogP contribution in [-0.4, -0.2) is 19.9 Å². The first-order valence-electron chi connectivity index (χ1n) is 14.0. The first-order chi connectivity index (χ1) is 20.8. The number of pyridine rings is 1. The summed E-state index contributed by atoms with van der Waals surface area (Å²) >= 11 is 0. The van der Waals surface area contributed by atoms with Crippen LogP contribution in [0, 0.1) is 0 Å².